The molecule has 1 fully saturated rings. The second-order valence-electron chi connectivity index (χ2n) is 5.36. The molecule has 0 saturated carbocycles. The number of carbonyl (C=O) groups excluding carboxylic acids is 3. The van der Waals surface area contributed by atoms with Crippen molar-refractivity contribution in [2.45, 2.75) is 38.3 Å². The van der Waals surface area contributed by atoms with Gasteiger partial charge in [-0.3, -0.25) is 9.59 Å². The number of esters is 1. The number of nitrogens with two attached hydrogens (primary N) is 1. The third kappa shape index (κ3) is 4.20. The summed E-state index contributed by atoms with van der Waals surface area (Å²) in [4.78, 5) is 34.7. The van der Waals surface area contributed by atoms with Crippen LogP contribution in [0.2, 0.25) is 0 Å². The topological polar surface area (TPSA) is 111 Å². The Hall–Kier alpha value is -1.63. The molecule has 0 bridgehead atoms. The zero-order chi connectivity index (χ0) is 14.6. The Morgan fingerprint density at radius 3 is 2.63 bits per heavy atom. The van der Waals surface area contributed by atoms with Crippen molar-refractivity contribution < 1.29 is 19.1 Å². The highest BCUT2D eigenvalue weighted by molar-refractivity contribution is 5.87. The van der Waals surface area contributed by atoms with Gasteiger partial charge in [0.05, 0.1) is 13.7 Å². The van der Waals surface area contributed by atoms with Gasteiger partial charge in [-0.25, -0.2) is 4.79 Å². The van der Waals surface area contributed by atoms with Crippen LogP contribution in [0.5, 0.6) is 0 Å². The van der Waals surface area contributed by atoms with Crippen molar-refractivity contribution in [2.24, 2.45) is 11.7 Å². The van der Waals surface area contributed by atoms with Gasteiger partial charge in [-0.05, 0) is 26.7 Å². The highest BCUT2D eigenvalue weighted by Crippen LogP contribution is 2.27. The molecule has 0 aliphatic carbocycles. The first-order valence-corrected chi connectivity index (χ1v) is 6.18. The van der Waals surface area contributed by atoms with E-state index in [0.717, 1.165) is 0 Å². The van der Waals surface area contributed by atoms with Crippen molar-refractivity contribution in [1.82, 2.24) is 10.6 Å². The van der Waals surface area contributed by atoms with Crippen LogP contribution in [0, 0.1) is 5.92 Å². The molecule has 1 rings (SSSR count). The summed E-state index contributed by atoms with van der Waals surface area (Å²) in [7, 11) is 1.24. The molecule has 4 N–H and O–H groups in total. The smallest absolute Gasteiger partial charge is 0.328 e. The second kappa shape index (κ2) is 6.01. The first kappa shape index (κ1) is 15.4. The predicted molar refractivity (Wildman–Crippen MR) is 67.9 cm³/mol. The quantitative estimate of drug-likeness (QED) is 0.550. The van der Waals surface area contributed by atoms with E-state index in [4.69, 9.17) is 5.73 Å². The average molecular weight is 271 g/mol. The van der Waals surface area contributed by atoms with E-state index in [1.165, 1.54) is 7.11 Å². The Morgan fingerprint density at radius 2 is 2.21 bits per heavy atom. The van der Waals surface area contributed by atoms with Gasteiger partial charge in [0.25, 0.3) is 0 Å². The van der Waals surface area contributed by atoms with Gasteiger partial charge in [-0.2, -0.15) is 0 Å². The average Bonchev–Trinajstić information content (AvgIpc) is 2.60. The van der Waals surface area contributed by atoms with Gasteiger partial charge in [0.15, 0.2) is 0 Å². The van der Waals surface area contributed by atoms with Gasteiger partial charge in [0.2, 0.25) is 11.8 Å². The van der Waals surface area contributed by atoms with Crippen molar-refractivity contribution in [3.8, 4) is 0 Å². The van der Waals surface area contributed by atoms with Crippen molar-refractivity contribution >= 4 is 17.8 Å². The van der Waals surface area contributed by atoms with Crippen LogP contribution in [0.4, 0.5) is 0 Å². The molecule has 2 atom stereocenters. The molecule has 7 nitrogen and oxygen atoms in total. The summed E-state index contributed by atoms with van der Waals surface area (Å²) in [5.41, 5.74) is 4.91. The highest BCUT2D eigenvalue weighted by atomic mass is 16.5. The van der Waals surface area contributed by atoms with Gasteiger partial charge in [0.1, 0.15) is 6.04 Å². The highest BCUT2D eigenvalue weighted by Gasteiger charge is 2.39. The molecule has 1 aliphatic rings. The number of carbonyl (C=O) groups is 3. The first-order chi connectivity index (χ1) is 8.79. The largest absolute Gasteiger partial charge is 0.467 e. The van der Waals surface area contributed by atoms with Crippen LogP contribution in [0.25, 0.3) is 0 Å². The zero-order valence-corrected chi connectivity index (χ0v) is 11.5. The number of hydrogen-bond acceptors (Lipinski definition) is 5. The molecule has 2 amide bonds. The molecule has 1 heterocycles. The Kier molecular flexibility index (Phi) is 4.88. The van der Waals surface area contributed by atoms with Crippen LogP contribution in [0.1, 0.15) is 26.7 Å². The van der Waals surface area contributed by atoms with E-state index in [2.05, 4.69) is 15.4 Å². The van der Waals surface area contributed by atoms with E-state index in [1.54, 1.807) is 0 Å². The van der Waals surface area contributed by atoms with Crippen LogP contribution in [0.15, 0.2) is 0 Å². The van der Waals surface area contributed by atoms with Crippen LogP contribution in [0.3, 0.4) is 0 Å². The standard InChI is InChI=1S/C12H21N3O4/c1-12(2)5-7(10(17)15-12)4-8(11(18)19-3)14-9(16)6-13/h7-8H,4-6,13H2,1-3H3,(H,14,16)(H,15,17)/t7-,8+/m1/s1. The van der Waals surface area contributed by atoms with E-state index < -0.39 is 17.9 Å². The number of rotatable bonds is 5. The van der Waals surface area contributed by atoms with Crippen LogP contribution < -0.4 is 16.4 Å². The molecule has 1 aliphatic heterocycles. The van der Waals surface area contributed by atoms with Crippen molar-refractivity contribution in [3.63, 3.8) is 0 Å². The van der Waals surface area contributed by atoms with Crippen LogP contribution in [-0.2, 0) is 19.1 Å². The Bertz CT molecular complexity index is 381. The van der Waals surface area contributed by atoms with Crippen LogP contribution in [-0.4, -0.2) is 43.0 Å². The van der Waals surface area contributed by atoms with Gasteiger partial charge in [0, 0.05) is 11.5 Å². The maximum atomic E-state index is 11.8. The Balaban J connectivity index is 2.70. The number of ether oxygens (including phenoxy) is 1. The summed E-state index contributed by atoms with van der Waals surface area (Å²) in [6, 6.07) is -0.842. The second-order valence-corrected chi connectivity index (χ2v) is 5.36. The van der Waals surface area contributed by atoms with Gasteiger partial charge < -0.3 is 21.1 Å². The summed E-state index contributed by atoms with van der Waals surface area (Å²) in [5.74, 6) is -1.45. The van der Waals surface area contributed by atoms with Crippen molar-refractivity contribution in [1.29, 1.82) is 0 Å². The van der Waals surface area contributed by atoms with Crippen LogP contribution >= 0.6 is 0 Å². The lowest BCUT2D eigenvalue weighted by Crippen LogP contribution is -2.45. The van der Waals surface area contributed by atoms with E-state index in [-0.39, 0.29) is 30.3 Å². The lowest BCUT2D eigenvalue weighted by molar-refractivity contribution is -0.145. The predicted octanol–water partition coefficient (Wildman–Crippen LogP) is -1.09. The van der Waals surface area contributed by atoms with E-state index in [0.29, 0.717) is 6.42 Å². The van der Waals surface area contributed by atoms with Gasteiger partial charge >= 0.3 is 5.97 Å². The SMILES string of the molecule is COC(=O)[C@H](C[C@@H]1CC(C)(C)NC1=O)NC(=O)CN. The molecular formula is C12H21N3O4. The first-order valence-electron chi connectivity index (χ1n) is 6.18. The summed E-state index contributed by atoms with van der Waals surface area (Å²) in [6.45, 7) is 3.61. The molecule has 0 spiro atoms. The zero-order valence-electron chi connectivity index (χ0n) is 11.5. The van der Waals surface area contributed by atoms with Gasteiger partial charge in [-0.15, -0.1) is 0 Å². The lowest BCUT2D eigenvalue weighted by Gasteiger charge is -2.19. The monoisotopic (exact) mass is 271 g/mol. The Labute approximate surface area is 112 Å². The number of nitrogens with one attached hydrogen (secondary N) is 2. The fraction of sp³-hybridized carbons (Fsp3) is 0.750. The summed E-state index contributed by atoms with van der Waals surface area (Å²) in [6.07, 6.45) is 0.825. The van der Waals surface area contributed by atoms with E-state index >= 15 is 0 Å². The molecule has 0 aromatic rings. The molecule has 108 valence electrons. The molecule has 0 unspecified atom stereocenters. The fourth-order valence-corrected chi connectivity index (χ4v) is 2.28. The normalized spacial score (nSPS) is 22.5. The molecular weight excluding hydrogens is 250 g/mol. The molecule has 0 aromatic heterocycles. The number of methoxy groups -OCH3 is 1. The third-order valence-electron chi connectivity index (χ3n) is 3.12. The molecule has 0 aromatic carbocycles. The summed E-state index contributed by atoms with van der Waals surface area (Å²) >= 11 is 0. The maximum absolute atomic E-state index is 11.8. The molecule has 19 heavy (non-hydrogen) atoms. The number of amides is 2. The van der Waals surface area contributed by atoms with E-state index in [1.807, 2.05) is 13.8 Å². The molecule has 7 heteroatoms. The number of hydrogen-bond donors (Lipinski definition) is 3. The lowest BCUT2D eigenvalue weighted by atomic mass is 9.91. The van der Waals surface area contributed by atoms with Crippen molar-refractivity contribution in [2.75, 3.05) is 13.7 Å². The minimum Gasteiger partial charge on any atom is -0.467 e. The molecule has 1 saturated heterocycles. The third-order valence-corrected chi connectivity index (χ3v) is 3.12. The summed E-state index contributed by atoms with van der Waals surface area (Å²) < 4.78 is 4.63. The fourth-order valence-electron chi connectivity index (χ4n) is 2.28. The summed E-state index contributed by atoms with van der Waals surface area (Å²) in [5, 5.41) is 5.32. The minimum absolute atomic E-state index is 0.110. The van der Waals surface area contributed by atoms with E-state index in [9.17, 15) is 14.4 Å². The van der Waals surface area contributed by atoms with Crippen molar-refractivity contribution in [3.05, 3.63) is 0 Å². The molecule has 0 radical (unpaired) electrons. The minimum atomic E-state index is -0.842. The van der Waals surface area contributed by atoms with Gasteiger partial charge in [-0.1, -0.05) is 0 Å². The Morgan fingerprint density at radius 1 is 1.58 bits per heavy atom. The maximum Gasteiger partial charge on any atom is 0.328 e.